The number of fused-ring (bicyclic) bond motifs is 1. The van der Waals surface area contributed by atoms with E-state index in [1.54, 1.807) is 11.3 Å². The largest absolute Gasteiger partial charge is 0.464 e. The number of hydrogen-bond acceptors (Lipinski definition) is 4. The lowest BCUT2D eigenvalue weighted by Crippen LogP contribution is -2.15. The van der Waals surface area contributed by atoms with Gasteiger partial charge in [0.25, 0.3) is 0 Å². The number of aryl methyl sites for hydroxylation is 1. The van der Waals surface area contributed by atoms with Gasteiger partial charge in [-0.05, 0) is 43.6 Å². The molecule has 1 unspecified atom stereocenters. The molecule has 0 aromatic carbocycles. The van der Waals surface area contributed by atoms with E-state index in [4.69, 9.17) is 4.42 Å². The van der Waals surface area contributed by atoms with Crippen molar-refractivity contribution >= 4 is 32.1 Å². The van der Waals surface area contributed by atoms with E-state index in [1.165, 1.54) is 14.3 Å². The molecule has 3 aromatic rings. The summed E-state index contributed by atoms with van der Waals surface area (Å²) in [5, 5.41) is 5.46. The van der Waals surface area contributed by atoms with E-state index in [0.29, 0.717) is 0 Å². The minimum absolute atomic E-state index is 0.160. The van der Waals surface area contributed by atoms with Crippen molar-refractivity contribution in [2.45, 2.75) is 13.0 Å². The first-order valence-electron chi connectivity index (χ1n) is 5.48. The van der Waals surface area contributed by atoms with Crippen molar-refractivity contribution < 1.29 is 4.42 Å². The first-order valence-corrected chi connectivity index (χ1v) is 7.18. The highest BCUT2D eigenvalue weighted by atomic mass is 32.1. The Morgan fingerprint density at radius 1 is 1.24 bits per heavy atom. The molecular weight excluding hydrogens is 250 g/mol. The zero-order chi connectivity index (χ0) is 11.8. The molecule has 3 rings (SSSR count). The van der Waals surface area contributed by atoms with Crippen molar-refractivity contribution in [2.75, 3.05) is 7.05 Å². The summed E-state index contributed by atoms with van der Waals surface area (Å²) < 4.78 is 8.42. The second kappa shape index (κ2) is 4.29. The first kappa shape index (κ1) is 11.0. The average Bonchev–Trinajstić information content (AvgIpc) is 2.95. The van der Waals surface area contributed by atoms with Crippen LogP contribution in [0.2, 0.25) is 0 Å². The third-order valence-corrected chi connectivity index (χ3v) is 4.94. The van der Waals surface area contributed by atoms with E-state index in [1.807, 2.05) is 37.4 Å². The van der Waals surface area contributed by atoms with Crippen molar-refractivity contribution in [3.63, 3.8) is 0 Å². The SMILES string of the molecule is CNC(c1ccc(C)o1)c1cc2sccc2s1. The van der Waals surface area contributed by atoms with Crippen LogP contribution >= 0.6 is 22.7 Å². The monoisotopic (exact) mass is 263 g/mol. The smallest absolute Gasteiger partial charge is 0.126 e. The maximum absolute atomic E-state index is 5.71. The van der Waals surface area contributed by atoms with Crippen LogP contribution in [0.25, 0.3) is 9.40 Å². The highest BCUT2D eigenvalue weighted by Crippen LogP contribution is 2.36. The molecule has 3 heterocycles. The van der Waals surface area contributed by atoms with Gasteiger partial charge in [-0.3, -0.25) is 0 Å². The van der Waals surface area contributed by atoms with Crippen LogP contribution < -0.4 is 5.32 Å². The zero-order valence-corrected chi connectivity index (χ0v) is 11.3. The van der Waals surface area contributed by atoms with Crippen molar-refractivity contribution in [1.29, 1.82) is 0 Å². The molecule has 0 fully saturated rings. The quantitative estimate of drug-likeness (QED) is 0.767. The third kappa shape index (κ3) is 1.92. The van der Waals surface area contributed by atoms with Crippen LogP contribution in [0.1, 0.15) is 22.4 Å². The molecule has 0 aliphatic carbocycles. The summed E-state index contributed by atoms with van der Waals surface area (Å²) in [7, 11) is 1.97. The molecule has 2 nitrogen and oxygen atoms in total. The van der Waals surface area contributed by atoms with Crippen molar-refractivity contribution in [2.24, 2.45) is 0 Å². The molecule has 0 radical (unpaired) electrons. The summed E-state index contributed by atoms with van der Waals surface area (Å²) in [6.07, 6.45) is 0. The van der Waals surface area contributed by atoms with Gasteiger partial charge in [0.2, 0.25) is 0 Å². The predicted octanol–water partition coefficient (Wildman–Crippen LogP) is 4.17. The molecule has 3 aromatic heterocycles. The van der Waals surface area contributed by atoms with Gasteiger partial charge in [-0.2, -0.15) is 0 Å². The van der Waals surface area contributed by atoms with Crippen molar-refractivity contribution in [1.82, 2.24) is 5.32 Å². The molecule has 88 valence electrons. The van der Waals surface area contributed by atoms with E-state index in [9.17, 15) is 0 Å². The minimum atomic E-state index is 0.160. The molecule has 0 saturated carbocycles. The van der Waals surface area contributed by atoms with Gasteiger partial charge in [-0.25, -0.2) is 0 Å². The van der Waals surface area contributed by atoms with Crippen LogP contribution in [0.5, 0.6) is 0 Å². The number of hydrogen-bond donors (Lipinski definition) is 1. The van der Waals surface area contributed by atoms with Crippen LogP contribution in [-0.4, -0.2) is 7.05 Å². The van der Waals surface area contributed by atoms with E-state index < -0.39 is 0 Å². The normalized spacial score (nSPS) is 13.3. The first-order chi connectivity index (χ1) is 8.28. The molecule has 1 N–H and O–H groups in total. The Balaban J connectivity index is 2.03. The summed E-state index contributed by atoms with van der Waals surface area (Å²) in [6, 6.07) is 8.64. The molecule has 0 spiro atoms. The summed E-state index contributed by atoms with van der Waals surface area (Å²) >= 11 is 3.62. The molecule has 17 heavy (non-hydrogen) atoms. The zero-order valence-electron chi connectivity index (χ0n) is 9.69. The molecule has 0 amide bonds. The number of thiophene rings is 2. The standard InChI is InChI=1S/C13H13NOS2/c1-8-3-4-9(15-8)13(14-2)12-7-11-10(17-12)5-6-16-11/h3-7,13-14H,1-2H3. The van der Waals surface area contributed by atoms with Crippen LogP contribution in [0, 0.1) is 6.92 Å². The van der Waals surface area contributed by atoms with Gasteiger partial charge in [0, 0.05) is 14.3 Å². The topological polar surface area (TPSA) is 25.2 Å². The summed E-state index contributed by atoms with van der Waals surface area (Å²) in [5.74, 6) is 1.94. The van der Waals surface area contributed by atoms with Gasteiger partial charge in [-0.15, -0.1) is 22.7 Å². The summed E-state index contributed by atoms with van der Waals surface area (Å²) in [4.78, 5) is 1.31. The Bertz CT molecular complexity index is 606. The van der Waals surface area contributed by atoms with Gasteiger partial charge in [0.15, 0.2) is 0 Å². The highest BCUT2D eigenvalue weighted by molar-refractivity contribution is 7.26. The second-order valence-corrected chi connectivity index (χ2v) is 6.03. The molecule has 0 saturated heterocycles. The fraction of sp³-hybridized carbons (Fsp3) is 0.231. The van der Waals surface area contributed by atoms with Gasteiger partial charge in [-0.1, -0.05) is 0 Å². The van der Waals surface area contributed by atoms with E-state index in [2.05, 4.69) is 22.8 Å². The molecule has 1 atom stereocenters. The lowest BCUT2D eigenvalue weighted by atomic mass is 10.2. The third-order valence-electron chi connectivity index (χ3n) is 2.78. The molecule has 0 aliphatic rings. The Morgan fingerprint density at radius 3 is 2.76 bits per heavy atom. The maximum atomic E-state index is 5.71. The van der Waals surface area contributed by atoms with E-state index >= 15 is 0 Å². The lowest BCUT2D eigenvalue weighted by molar-refractivity contribution is 0.446. The van der Waals surface area contributed by atoms with Crippen LogP contribution in [0.15, 0.2) is 34.1 Å². The molecule has 0 bridgehead atoms. The predicted molar refractivity (Wildman–Crippen MR) is 74.0 cm³/mol. The Kier molecular flexibility index (Phi) is 2.78. The average molecular weight is 263 g/mol. The van der Waals surface area contributed by atoms with Crippen LogP contribution in [0.3, 0.4) is 0 Å². The van der Waals surface area contributed by atoms with Crippen molar-refractivity contribution in [3.05, 3.63) is 46.0 Å². The Hall–Kier alpha value is -1.10. The number of furan rings is 1. The van der Waals surface area contributed by atoms with Gasteiger partial charge >= 0.3 is 0 Å². The molecule has 0 aliphatic heterocycles. The van der Waals surface area contributed by atoms with Crippen LogP contribution in [-0.2, 0) is 0 Å². The van der Waals surface area contributed by atoms with Gasteiger partial charge in [0.05, 0.1) is 0 Å². The van der Waals surface area contributed by atoms with E-state index in [0.717, 1.165) is 11.5 Å². The van der Waals surface area contributed by atoms with Gasteiger partial charge in [0.1, 0.15) is 17.6 Å². The van der Waals surface area contributed by atoms with Crippen molar-refractivity contribution in [3.8, 4) is 0 Å². The molecular formula is C13H13NOS2. The lowest BCUT2D eigenvalue weighted by Gasteiger charge is -2.11. The number of rotatable bonds is 3. The Morgan fingerprint density at radius 2 is 2.12 bits per heavy atom. The van der Waals surface area contributed by atoms with Gasteiger partial charge < -0.3 is 9.73 Å². The summed E-state index contributed by atoms with van der Waals surface area (Å²) in [6.45, 7) is 1.98. The fourth-order valence-corrected chi connectivity index (χ4v) is 4.20. The van der Waals surface area contributed by atoms with E-state index in [-0.39, 0.29) is 6.04 Å². The molecule has 4 heteroatoms. The second-order valence-electron chi connectivity index (χ2n) is 3.97. The highest BCUT2D eigenvalue weighted by Gasteiger charge is 2.18. The minimum Gasteiger partial charge on any atom is -0.464 e. The number of nitrogens with one attached hydrogen (secondary N) is 1. The van der Waals surface area contributed by atoms with Crippen LogP contribution in [0.4, 0.5) is 0 Å². The summed E-state index contributed by atoms with van der Waals surface area (Å²) in [5.41, 5.74) is 0. The Labute approximate surface area is 108 Å². The maximum Gasteiger partial charge on any atom is 0.126 e. The fourth-order valence-electron chi connectivity index (χ4n) is 1.96.